The molecule has 0 saturated carbocycles. The molecule has 2 aromatic rings. The zero-order valence-corrected chi connectivity index (χ0v) is 16.3. The topological polar surface area (TPSA) is 84.5 Å². The van der Waals surface area contributed by atoms with E-state index in [-0.39, 0.29) is 9.92 Å². The van der Waals surface area contributed by atoms with E-state index in [0.717, 1.165) is 35.9 Å². The van der Waals surface area contributed by atoms with Gasteiger partial charge in [0.1, 0.15) is 5.82 Å². The van der Waals surface area contributed by atoms with E-state index < -0.39 is 21.4 Å². The van der Waals surface area contributed by atoms with Crippen molar-refractivity contribution in [3.63, 3.8) is 0 Å². The van der Waals surface area contributed by atoms with Gasteiger partial charge >= 0.3 is 0 Å². The van der Waals surface area contributed by atoms with Gasteiger partial charge in [0.2, 0.25) is 0 Å². The van der Waals surface area contributed by atoms with Gasteiger partial charge in [0, 0.05) is 11.4 Å². The van der Waals surface area contributed by atoms with Crippen molar-refractivity contribution in [2.75, 3.05) is 10.5 Å². The molecule has 1 atom stereocenters. The van der Waals surface area contributed by atoms with Crippen LogP contribution < -0.4 is 10.5 Å². The van der Waals surface area contributed by atoms with Crippen molar-refractivity contribution in [2.24, 2.45) is 10.7 Å². The summed E-state index contributed by atoms with van der Waals surface area (Å²) < 4.78 is 40.9. The van der Waals surface area contributed by atoms with E-state index in [9.17, 15) is 12.8 Å². The van der Waals surface area contributed by atoms with Gasteiger partial charge in [0.15, 0.2) is 5.17 Å². The molecule has 0 bridgehead atoms. The van der Waals surface area contributed by atoms with Gasteiger partial charge in [-0.1, -0.05) is 35.5 Å². The summed E-state index contributed by atoms with van der Waals surface area (Å²) in [5.74, 6) is 0.168. The van der Waals surface area contributed by atoms with Gasteiger partial charge in [0.25, 0.3) is 10.0 Å². The number of nitrogens with zero attached hydrogens (tertiary/aromatic N) is 1. The molecule has 0 spiro atoms. The summed E-state index contributed by atoms with van der Waals surface area (Å²) in [6, 6.07) is 10.3. The number of benzene rings is 2. The van der Waals surface area contributed by atoms with Crippen molar-refractivity contribution in [1.29, 1.82) is 0 Å². The first-order valence-electron chi connectivity index (χ1n) is 7.76. The number of hydrogen-bond donors (Lipinski definition) is 2. The Morgan fingerprint density at radius 1 is 1.31 bits per heavy atom. The molecule has 0 radical (unpaired) electrons. The van der Waals surface area contributed by atoms with E-state index in [2.05, 4.69) is 9.71 Å². The molecule has 0 saturated heterocycles. The number of amidine groups is 1. The largest absolute Gasteiger partial charge is 0.379 e. The van der Waals surface area contributed by atoms with Crippen molar-refractivity contribution in [2.45, 2.75) is 23.8 Å². The Bertz CT molecular complexity index is 982. The molecule has 1 aliphatic rings. The fraction of sp³-hybridized carbons (Fsp3) is 0.235. The fourth-order valence-corrected chi connectivity index (χ4v) is 4.97. The lowest BCUT2D eigenvalue weighted by Crippen LogP contribution is -2.28. The van der Waals surface area contributed by atoms with Crippen LogP contribution in [0.3, 0.4) is 0 Å². The molecule has 1 unspecified atom stereocenters. The normalized spacial score (nSPS) is 20.5. The molecular weight excluding hydrogens is 397 g/mol. The minimum atomic E-state index is -3.90. The molecule has 3 rings (SSSR count). The second-order valence-electron chi connectivity index (χ2n) is 6.08. The number of sulfonamides is 1. The second kappa shape index (κ2) is 7.09. The number of halogens is 2. The highest BCUT2D eigenvalue weighted by molar-refractivity contribution is 8.13. The molecule has 1 aliphatic heterocycles. The minimum absolute atomic E-state index is 0.114. The van der Waals surface area contributed by atoms with E-state index in [4.69, 9.17) is 17.3 Å². The maximum atomic E-state index is 13.3. The molecule has 26 heavy (non-hydrogen) atoms. The van der Waals surface area contributed by atoms with Crippen LogP contribution in [0.15, 0.2) is 52.4 Å². The van der Waals surface area contributed by atoms with Crippen molar-refractivity contribution in [1.82, 2.24) is 0 Å². The predicted molar refractivity (Wildman–Crippen MR) is 105 cm³/mol. The Labute approximate surface area is 160 Å². The van der Waals surface area contributed by atoms with E-state index in [1.54, 1.807) is 18.2 Å². The highest BCUT2D eigenvalue weighted by Gasteiger charge is 2.29. The Morgan fingerprint density at radius 3 is 2.77 bits per heavy atom. The Hall–Kier alpha value is -1.77. The number of rotatable bonds is 4. The average Bonchev–Trinajstić information content (AvgIpc) is 2.57. The van der Waals surface area contributed by atoms with Crippen molar-refractivity contribution in [3.8, 4) is 0 Å². The average molecular weight is 414 g/mol. The smallest absolute Gasteiger partial charge is 0.261 e. The highest BCUT2D eigenvalue weighted by Crippen LogP contribution is 2.36. The molecule has 0 aliphatic carbocycles. The second-order valence-corrected chi connectivity index (χ2v) is 9.29. The summed E-state index contributed by atoms with van der Waals surface area (Å²) in [7, 11) is -3.90. The Kier molecular flexibility index (Phi) is 5.18. The monoisotopic (exact) mass is 413 g/mol. The summed E-state index contributed by atoms with van der Waals surface area (Å²) in [5, 5.41) is 0.268. The molecule has 2 aromatic carbocycles. The van der Waals surface area contributed by atoms with Crippen LogP contribution in [-0.2, 0) is 15.6 Å². The van der Waals surface area contributed by atoms with E-state index in [0.29, 0.717) is 10.9 Å². The summed E-state index contributed by atoms with van der Waals surface area (Å²) in [4.78, 5) is 4.41. The van der Waals surface area contributed by atoms with Crippen LogP contribution in [0.2, 0.25) is 5.02 Å². The van der Waals surface area contributed by atoms with E-state index in [1.165, 1.54) is 11.8 Å². The molecule has 1 heterocycles. The van der Waals surface area contributed by atoms with Crippen molar-refractivity contribution < 1.29 is 12.8 Å². The van der Waals surface area contributed by atoms with Gasteiger partial charge in [0.05, 0.1) is 15.5 Å². The number of thioether (sulfide) groups is 1. The standard InChI is InChI=1S/C17H17ClFN3O2S2/c1-17(7-8-25-16(20)21-17)11-3-2-4-12(9-11)22-26(23,24)13-5-6-15(19)14(18)10-13/h2-6,9-10,22H,7-8H2,1H3,(H2,20,21). The Morgan fingerprint density at radius 2 is 2.08 bits per heavy atom. The van der Waals surface area contributed by atoms with Gasteiger partial charge in [-0.3, -0.25) is 9.71 Å². The first-order chi connectivity index (χ1) is 12.2. The van der Waals surface area contributed by atoms with Crippen LogP contribution in [0.1, 0.15) is 18.9 Å². The third-order valence-corrected chi connectivity index (χ3v) is 6.60. The zero-order valence-electron chi connectivity index (χ0n) is 13.9. The third kappa shape index (κ3) is 3.97. The molecule has 0 fully saturated rings. The summed E-state index contributed by atoms with van der Waals surface area (Å²) in [6.45, 7) is 1.97. The van der Waals surface area contributed by atoms with Gasteiger partial charge in [-0.05, 0) is 49.2 Å². The van der Waals surface area contributed by atoms with Crippen LogP contribution in [0.4, 0.5) is 10.1 Å². The molecule has 9 heteroatoms. The van der Waals surface area contributed by atoms with Crippen molar-refractivity contribution >= 4 is 44.2 Å². The number of anilines is 1. The maximum absolute atomic E-state index is 13.3. The first-order valence-corrected chi connectivity index (χ1v) is 10.6. The molecular formula is C17H17ClFN3O2S2. The van der Waals surface area contributed by atoms with E-state index in [1.807, 2.05) is 13.0 Å². The zero-order chi connectivity index (χ0) is 18.9. The van der Waals surface area contributed by atoms with Gasteiger partial charge in [-0.15, -0.1) is 0 Å². The predicted octanol–water partition coefficient (Wildman–Crippen LogP) is 3.95. The van der Waals surface area contributed by atoms with Crippen LogP contribution in [0, 0.1) is 5.82 Å². The first kappa shape index (κ1) is 19.0. The number of nitrogens with two attached hydrogens (primary N) is 1. The van der Waals surface area contributed by atoms with Crippen LogP contribution in [-0.4, -0.2) is 19.3 Å². The SMILES string of the molecule is CC1(c2cccc(NS(=O)(=O)c3ccc(F)c(Cl)c3)c2)CCSC(N)=N1. The quantitative estimate of drug-likeness (QED) is 0.794. The van der Waals surface area contributed by atoms with Gasteiger partial charge in [-0.25, -0.2) is 12.8 Å². The number of aliphatic imine (C=N–C) groups is 1. The summed E-state index contributed by atoms with van der Waals surface area (Å²) in [5.41, 5.74) is 6.59. The lowest BCUT2D eigenvalue weighted by molar-refractivity contribution is 0.482. The summed E-state index contributed by atoms with van der Waals surface area (Å²) in [6.07, 6.45) is 0.794. The summed E-state index contributed by atoms with van der Waals surface area (Å²) >= 11 is 7.19. The third-order valence-electron chi connectivity index (χ3n) is 4.13. The number of hydrogen-bond acceptors (Lipinski definition) is 5. The highest BCUT2D eigenvalue weighted by atomic mass is 35.5. The van der Waals surface area contributed by atoms with Crippen molar-refractivity contribution in [3.05, 3.63) is 58.9 Å². The molecule has 3 N–H and O–H groups in total. The minimum Gasteiger partial charge on any atom is -0.379 e. The van der Waals surface area contributed by atoms with Gasteiger partial charge in [-0.2, -0.15) is 0 Å². The van der Waals surface area contributed by atoms with Crippen LogP contribution >= 0.6 is 23.4 Å². The molecule has 0 aromatic heterocycles. The van der Waals surface area contributed by atoms with Crippen LogP contribution in [0.25, 0.3) is 0 Å². The van der Waals surface area contributed by atoms with E-state index >= 15 is 0 Å². The van der Waals surface area contributed by atoms with Crippen LogP contribution in [0.5, 0.6) is 0 Å². The number of nitrogens with one attached hydrogen (secondary N) is 1. The fourth-order valence-electron chi connectivity index (χ4n) is 2.67. The maximum Gasteiger partial charge on any atom is 0.261 e. The molecule has 5 nitrogen and oxygen atoms in total. The lowest BCUT2D eigenvalue weighted by atomic mass is 9.89. The molecule has 0 amide bonds. The lowest BCUT2D eigenvalue weighted by Gasteiger charge is -2.30. The Balaban J connectivity index is 1.91. The van der Waals surface area contributed by atoms with Gasteiger partial charge < -0.3 is 5.73 Å². The molecule has 138 valence electrons.